The number of aliphatic carboxylic acids is 1. The van der Waals surface area contributed by atoms with Crippen LogP contribution in [0.3, 0.4) is 0 Å². The predicted octanol–water partition coefficient (Wildman–Crippen LogP) is -4.68. The van der Waals surface area contributed by atoms with Crippen LogP contribution in [0, 0.1) is 0 Å². The highest BCUT2D eigenvalue weighted by Gasteiger charge is 2.40. The lowest BCUT2D eigenvalue weighted by Crippen LogP contribution is -2.59. The van der Waals surface area contributed by atoms with Crippen molar-refractivity contribution in [1.82, 2.24) is 31.5 Å². The molecule has 0 bridgehead atoms. The van der Waals surface area contributed by atoms with Gasteiger partial charge in [-0.05, 0) is 37.7 Å². The molecule has 0 saturated carbocycles. The minimum Gasteiger partial charge on any atom is -0.481 e. The SMILES string of the molecule is NC(N)=NCCC[C@@H]1NC(=O)[C@H](CSC2CC(=O)N(CCCCCCO/N=C/[C@H](O)[C@H](O)[C@H](O)CO)C2=O)NC(=O)[C@@H](Cc2ccccc2)NC(=O)[C@H](CC(=O)O)NC(=O)CNC1=O. The van der Waals surface area contributed by atoms with Crippen molar-refractivity contribution in [2.75, 3.05) is 38.6 Å². The fourth-order valence-electron chi connectivity index (χ4n) is 6.35. The maximum atomic E-state index is 14.0. The normalized spacial score (nSPS) is 22.8. The summed E-state index contributed by atoms with van der Waals surface area (Å²) in [6.45, 7) is -1.12. The number of carboxylic acid groups (broad SMARTS) is 1. The van der Waals surface area contributed by atoms with E-state index in [9.17, 15) is 58.8 Å². The number of nitrogens with zero attached hydrogens (tertiary/aromatic N) is 3. The average molecular weight is 923 g/mol. The highest BCUT2D eigenvalue weighted by molar-refractivity contribution is 8.00. The highest BCUT2D eigenvalue weighted by atomic mass is 32.2. The van der Waals surface area contributed by atoms with Gasteiger partial charge < -0.3 is 68.4 Å². The van der Waals surface area contributed by atoms with Gasteiger partial charge in [-0.1, -0.05) is 41.9 Å². The van der Waals surface area contributed by atoms with Crippen LogP contribution in [-0.4, -0.2) is 176 Å². The second-order valence-electron chi connectivity index (χ2n) is 14.9. The van der Waals surface area contributed by atoms with Gasteiger partial charge in [-0.25, -0.2) is 0 Å². The molecular weight excluding hydrogens is 865 g/mol. The van der Waals surface area contributed by atoms with Crippen molar-refractivity contribution in [3.05, 3.63) is 35.9 Å². The number of aliphatic hydroxyl groups excluding tert-OH is 4. The molecule has 0 aliphatic carbocycles. The number of thioether (sulfide) groups is 1. The van der Waals surface area contributed by atoms with E-state index in [0.717, 1.165) is 22.9 Å². The van der Waals surface area contributed by atoms with Gasteiger partial charge in [-0.2, -0.15) is 0 Å². The fourth-order valence-corrected chi connectivity index (χ4v) is 7.54. The molecule has 24 nitrogen and oxygen atoms in total. The van der Waals surface area contributed by atoms with E-state index in [1.54, 1.807) is 30.3 Å². The highest BCUT2D eigenvalue weighted by Crippen LogP contribution is 2.26. The zero-order chi connectivity index (χ0) is 47.2. The van der Waals surface area contributed by atoms with Crippen molar-refractivity contribution in [3.8, 4) is 0 Å². The van der Waals surface area contributed by atoms with Gasteiger partial charge in [0, 0.05) is 31.7 Å². The van der Waals surface area contributed by atoms with E-state index in [1.807, 2.05) is 0 Å². The van der Waals surface area contributed by atoms with Crippen LogP contribution < -0.4 is 38.1 Å². The summed E-state index contributed by atoms with van der Waals surface area (Å²) in [6.07, 6.45) is -2.71. The lowest BCUT2D eigenvalue weighted by atomic mass is 10.0. The second-order valence-corrected chi connectivity index (χ2v) is 16.1. The summed E-state index contributed by atoms with van der Waals surface area (Å²) in [5.74, 6) is -7.40. The Hall–Kier alpha value is -5.89. The Morgan fingerprint density at radius 3 is 2.20 bits per heavy atom. The summed E-state index contributed by atoms with van der Waals surface area (Å²) in [7, 11) is 0. The third kappa shape index (κ3) is 18.1. The standard InChI is InChI=1S/C39H58N10O14S/c40-39(41)42-12-8-11-23-34(58)43-19-30(53)45-25(16-32(55)56)36(60)47-24(15-22-9-4-3-5-10-22)35(59)48-26(37(61)46-23)21-64-29-17-31(54)49(38(29)62)13-6-1-2-7-14-63-44-18-27(51)33(57)28(52)20-50/h3-5,9-10,18,23-29,33,50-52,57H,1-2,6-8,11-17,19-21H2,(H,43,58)(H,45,53)(H,46,61)(H,47,60)(H,48,59)(H,55,56)(H4,40,41,42)/b44-18+/t23-,24+,25-,26-,27-,28+,29?,33-/m0/s1. The molecule has 2 fully saturated rings. The molecule has 2 aliphatic rings. The predicted molar refractivity (Wildman–Crippen MR) is 229 cm³/mol. The van der Waals surface area contributed by atoms with Gasteiger partial charge in [0.05, 0.1) is 31.0 Å². The van der Waals surface area contributed by atoms with E-state index >= 15 is 0 Å². The molecule has 2 aliphatic heterocycles. The van der Waals surface area contributed by atoms with E-state index in [4.69, 9.17) is 21.4 Å². The first kappa shape index (κ1) is 52.5. The Morgan fingerprint density at radius 2 is 1.52 bits per heavy atom. The smallest absolute Gasteiger partial charge is 0.305 e. The zero-order valence-corrected chi connectivity index (χ0v) is 35.8. The van der Waals surface area contributed by atoms with E-state index in [2.05, 4.69) is 36.7 Å². The number of carbonyl (C=O) groups excluding carboxylic acids is 7. The molecule has 2 heterocycles. The quantitative estimate of drug-likeness (QED) is 0.0161. The van der Waals surface area contributed by atoms with E-state index in [0.29, 0.717) is 31.2 Å². The lowest BCUT2D eigenvalue weighted by molar-refractivity contribution is -0.141. The van der Waals surface area contributed by atoms with Gasteiger partial charge in [0.25, 0.3) is 0 Å². The number of likely N-dealkylation sites (tertiary alicyclic amines) is 1. The molecular formula is C39H58N10O14S. The number of aliphatic imine (C=N–C) groups is 1. The van der Waals surface area contributed by atoms with Gasteiger partial charge in [-0.3, -0.25) is 48.2 Å². The summed E-state index contributed by atoms with van der Waals surface area (Å²) in [5.41, 5.74) is 11.4. The van der Waals surface area contributed by atoms with Crippen molar-refractivity contribution in [2.24, 2.45) is 21.6 Å². The molecule has 1 aromatic rings. The Labute approximate surface area is 372 Å². The number of hydrogen-bond donors (Lipinski definition) is 12. The van der Waals surface area contributed by atoms with Crippen LogP contribution >= 0.6 is 11.8 Å². The molecule has 25 heteroatoms. The lowest BCUT2D eigenvalue weighted by Gasteiger charge is -2.26. The van der Waals surface area contributed by atoms with Crippen LogP contribution in [0.2, 0.25) is 0 Å². The Bertz CT molecular complexity index is 1820. The van der Waals surface area contributed by atoms with Gasteiger partial charge in [0.15, 0.2) is 5.96 Å². The van der Waals surface area contributed by atoms with E-state index in [-0.39, 0.29) is 57.1 Å². The number of rotatable bonds is 23. The maximum Gasteiger partial charge on any atom is 0.305 e. The average Bonchev–Trinajstić information content (AvgIpc) is 3.53. The van der Waals surface area contributed by atoms with Crippen LogP contribution in [-0.2, 0) is 49.6 Å². The van der Waals surface area contributed by atoms with Crippen LogP contribution in [0.5, 0.6) is 0 Å². The van der Waals surface area contributed by atoms with Crippen molar-refractivity contribution in [3.63, 3.8) is 0 Å². The minimum absolute atomic E-state index is 0.0410. The molecule has 3 rings (SSSR count). The number of oxime groups is 1. The van der Waals surface area contributed by atoms with Crippen LogP contribution in [0.15, 0.2) is 40.5 Å². The second kappa shape index (κ2) is 27.3. The van der Waals surface area contributed by atoms with Gasteiger partial charge >= 0.3 is 5.97 Å². The number of benzene rings is 1. The maximum absolute atomic E-state index is 14.0. The number of nitrogens with one attached hydrogen (secondary N) is 5. The monoisotopic (exact) mass is 922 g/mol. The van der Waals surface area contributed by atoms with Crippen LogP contribution in [0.25, 0.3) is 0 Å². The van der Waals surface area contributed by atoms with Crippen LogP contribution in [0.4, 0.5) is 0 Å². The number of guanidine groups is 1. The molecule has 7 amide bonds. The largest absolute Gasteiger partial charge is 0.481 e. The number of aliphatic hydroxyl groups is 4. The third-order valence-corrected chi connectivity index (χ3v) is 11.1. The molecule has 0 aromatic heterocycles. The van der Waals surface area contributed by atoms with Crippen molar-refractivity contribution < 1.29 is 68.7 Å². The summed E-state index contributed by atoms with van der Waals surface area (Å²) in [5, 5.41) is 62.0. The van der Waals surface area contributed by atoms with Crippen molar-refractivity contribution in [2.45, 2.75) is 106 Å². The van der Waals surface area contributed by atoms with Gasteiger partial charge in [0.2, 0.25) is 41.4 Å². The van der Waals surface area contributed by atoms with Gasteiger partial charge in [-0.15, -0.1) is 11.8 Å². The van der Waals surface area contributed by atoms with Crippen molar-refractivity contribution in [1.29, 1.82) is 0 Å². The number of carboxylic acids is 1. The first-order valence-corrected chi connectivity index (χ1v) is 21.6. The number of carbonyl (C=O) groups is 8. The Morgan fingerprint density at radius 1 is 0.859 bits per heavy atom. The summed E-state index contributed by atoms with van der Waals surface area (Å²) >= 11 is 0.931. The zero-order valence-electron chi connectivity index (χ0n) is 35.0. The molecule has 0 radical (unpaired) electrons. The summed E-state index contributed by atoms with van der Waals surface area (Å²) < 4.78 is 0. The molecule has 64 heavy (non-hydrogen) atoms. The molecule has 2 saturated heterocycles. The number of nitrogens with two attached hydrogens (primary N) is 2. The molecule has 0 spiro atoms. The van der Waals surface area contributed by atoms with E-state index < -0.39 is 115 Å². The minimum atomic E-state index is -1.66. The third-order valence-electron chi connectivity index (χ3n) is 9.83. The fraction of sp³-hybridized carbons (Fsp3) is 0.590. The molecule has 8 atom stereocenters. The Kier molecular flexibility index (Phi) is 22.4. The molecule has 14 N–H and O–H groups in total. The summed E-state index contributed by atoms with van der Waals surface area (Å²) in [6, 6.07) is 2.62. The van der Waals surface area contributed by atoms with Crippen LogP contribution in [0.1, 0.15) is 56.9 Å². The first-order valence-electron chi connectivity index (χ1n) is 20.6. The van der Waals surface area contributed by atoms with E-state index in [1.165, 1.54) is 0 Å². The molecule has 354 valence electrons. The first-order chi connectivity index (χ1) is 30.5. The number of hydrogen-bond acceptors (Lipinski definition) is 16. The van der Waals surface area contributed by atoms with Gasteiger partial charge in [0.1, 0.15) is 49.1 Å². The summed E-state index contributed by atoms with van der Waals surface area (Å²) in [4.78, 5) is 116. The number of imide groups is 1. The number of unbranched alkanes of at least 4 members (excludes halogenated alkanes) is 3. The number of amides is 7. The van der Waals surface area contributed by atoms with Crippen molar-refractivity contribution >= 4 is 71.3 Å². The topological polar surface area (TPSA) is 387 Å². The Balaban J connectivity index is 1.74. The molecule has 1 unspecified atom stereocenters. The molecule has 1 aromatic carbocycles.